The molecule has 0 saturated heterocycles. The molecule has 0 aliphatic heterocycles. The average Bonchev–Trinajstić information content (AvgIpc) is 2.45. The van der Waals surface area contributed by atoms with E-state index in [-0.39, 0.29) is 19.1 Å². The molecule has 0 aromatic rings. The van der Waals surface area contributed by atoms with Gasteiger partial charge in [-0.25, -0.2) is 10.2 Å². The van der Waals surface area contributed by atoms with Crippen LogP contribution in [0.2, 0.25) is 0 Å². The largest absolute Gasteiger partial charge is 0.451 e. The lowest BCUT2D eigenvalue weighted by atomic mass is 9.83. The van der Waals surface area contributed by atoms with Crippen molar-refractivity contribution in [2.45, 2.75) is 84.1 Å². The number of carbonyl (C=O) groups excluding carboxylic acids is 1. The van der Waals surface area contributed by atoms with Gasteiger partial charge in [0.25, 0.3) is 0 Å². The van der Waals surface area contributed by atoms with Crippen LogP contribution in [-0.4, -0.2) is 18.7 Å². The van der Waals surface area contributed by atoms with E-state index in [4.69, 9.17) is 0 Å². The zero-order valence-electron chi connectivity index (χ0n) is 14.3. The quantitative estimate of drug-likeness (QED) is 0.264. The summed E-state index contributed by atoms with van der Waals surface area (Å²) in [6.07, 6.45) is 10.4. The summed E-state index contributed by atoms with van der Waals surface area (Å²) in [5.74, 6) is 0. The third-order valence-electron chi connectivity index (χ3n) is 3.77. The highest BCUT2D eigenvalue weighted by Crippen LogP contribution is 2.23. The lowest BCUT2D eigenvalue weighted by Gasteiger charge is -2.31. The molecule has 0 aliphatic rings. The molecule has 0 aliphatic carbocycles. The number of nitrogens with one attached hydrogen (secondary N) is 1. The minimum absolute atomic E-state index is 0. The van der Waals surface area contributed by atoms with Crippen molar-refractivity contribution >= 4 is 6.09 Å². The van der Waals surface area contributed by atoms with Crippen LogP contribution >= 0.6 is 0 Å². The van der Waals surface area contributed by atoms with Crippen molar-refractivity contribution in [3.63, 3.8) is 0 Å². The van der Waals surface area contributed by atoms with Gasteiger partial charge in [0.15, 0.2) is 0 Å². The van der Waals surface area contributed by atoms with Gasteiger partial charge in [-0.1, -0.05) is 40.0 Å². The molecule has 0 unspecified atom stereocenters. The number of unbranched alkanes of at least 4 members (excludes halogenated alkanes) is 3. The van der Waals surface area contributed by atoms with Crippen LogP contribution in [0.25, 0.3) is 0 Å². The van der Waals surface area contributed by atoms with E-state index in [0.717, 1.165) is 19.3 Å². The SMILES string of the molecule is CCCCC(CCCC)(CCCC)[NH2+]NC(=O)OC.[CH3-]. The molecule has 20 heavy (non-hydrogen) atoms. The highest BCUT2D eigenvalue weighted by atomic mass is 16.5. The standard InChI is InChI=1S/C15H32N2O2.CH3/c1-5-8-11-15(12-9-6-2,13-10-7-3)17-16-14(18)19-4;/h17H,5-13H2,1-4H3,(H,16,18);1H3/q;-1/p+1. The monoisotopic (exact) mass is 288 g/mol. The Bertz CT molecular complexity index is 211. The van der Waals surface area contributed by atoms with Gasteiger partial charge >= 0.3 is 6.09 Å². The molecule has 0 aromatic heterocycles. The fourth-order valence-electron chi connectivity index (χ4n) is 2.45. The van der Waals surface area contributed by atoms with Gasteiger partial charge in [-0.15, -0.1) is 0 Å². The molecule has 0 spiro atoms. The molecule has 1 amide bonds. The van der Waals surface area contributed by atoms with Gasteiger partial charge in [-0.2, -0.15) is 5.43 Å². The Balaban J connectivity index is 0. The Labute approximate surface area is 126 Å². The van der Waals surface area contributed by atoms with Crippen LogP contribution in [0.15, 0.2) is 0 Å². The minimum Gasteiger partial charge on any atom is -0.450 e. The molecule has 4 heteroatoms. The Morgan fingerprint density at radius 3 is 1.70 bits per heavy atom. The van der Waals surface area contributed by atoms with E-state index in [1.807, 2.05) is 5.43 Å². The third-order valence-corrected chi connectivity index (χ3v) is 3.77. The first-order valence-electron chi connectivity index (χ1n) is 7.83. The molecule has 3 N–H and O–H groups in total. The van der Waals surface area contributed by atoms with Crippen LogP contribution in [0, 0.1) is 7.43 Å². The number of hydrogen-bond donors (Lipinski definition) is 2. The molecule has 0 heterocycles. The Hall–Kier alpha value is -0.770. The molecular weight excluding hydrogens is 252 g/mol. The van der Waals surface area contributed by atoms with Crippen molar-refractivity contribution in [1.29, 1.82) is 0 Å². The van der Waals surface area contributed by atoms with Gasteiger partial charge in [0.05, 0.1) is 7.11 Å². The molecule has 0 bridgehead atoms. The van der Waals surface area contributed by atoms with Crippen molar-refractivity contribution in [1.82, 2.24) is 5.43 Å². The number of rotatable bonds is 11. The van der Waals surface area contributed by atoms with E-state index in [1.54, 1.807) is 0 Å². The summed E-state index contributed by atoms with van der Waals surface area (Å²) in [6.45, 7) is 6.66. The number of nitrogens with two attached hydrogens (primary N) is 1. The highest BCUT2D eigenvalue weighted by Gasteiger charge is 2.33. The number of amides is 1. The molecule has 0 rings (SSSR count). The number of hydrogen-bond acceptors (Lipinski definition) is 2. The highest BCUT2D eigenvalue weighted by molar-refractivity contribution is 5.65. The summed E-state index contributed by atoms with van der Waals surface area (Å²) in [5.41, 5.74) is 4.98. The van der Waals surface area contributed by atoms with Crippen LogP contribution in [0.1, 0.15) is 78.6 Å². The third kappa shape index (κ3) is 9.18. The van der Waals surface area contributed by atoms with Crippen LogP contribution in [0.4, 0.5) is 4.79 Å². The van der Waals surface area contributed by atoms with Crippen LogP contribution in [0.5, 0.6) is 0 Å². The van der Waals surface area contributed by atoms with Gasteiger partial charge in [0, 0.05) is 19.3 Å². The summed E-state index contributed by atoms with van der Waals surface area (Å²) in [6, 6.07) is 0. The fourth-order valence-corrected chi connectivity index (χ4v) is 2.45. The number of quaternary nitrogens is 1. The Morgan fingerprint density at radius 2 is 1.40 bits per heavy atom. The van der Waals surface area contributed by atoms with Crippen LogP contribution in [-0.2, 0) is 4.74 Å². The smallest absolute Gasteiger partial charge is 0.450 e. The van der Waals surface area contributed by atoms with Crippen molar-refractivity contribution in [2.75, 3.05) is 7.11 Å². The van der Waals surface area contributed by atoms with Gasteiger partial charge in [0.1, 0.15) is 5.54 Å². The topological polar surface area (TPSA) is 54.9 Å². The molecule has 0 saturated carbocycles. The van der Waals surface area contributed by atoms with E-state index >= 15 is 0 Å². The van der Waals surface area contributed by atoms with Gasteiger partial charge in [-0.05, 0) is 19.3 Å². The maximum Gasteiger partial charge on any atom is 0.451 e. The van der Waals surface area contributed by atoms with Gasteiger partial charge < -0.3 is 12.2 Å². The first-order chi connectivity index (χ1) is 9.14. The van der Waals surface area contributed by atoms with E-state index in [0.29, 0.717) is 0 Å². The second kappa shape index (κ2) is 13.2. The van der Waals surface area contributed by atoms with Crippen LogP contribution < -0.4 is 10.9 Å². The van der Waals surface area contributed by atoms with Gasteiger partial charge in [-0.3, -0.25) is 0 Å². The van der Waals surface area contributed by atoms with Crippen molar-refractivity contribution in [3.05, 3.63) is 7.43 Å². The molecule has 0 radical (unpaired) electrons. The lowest BCUT2D eigenvalue weighted by molar-refractivity contribution is -0.769. The second-order valence-electron chi connectivity index (χ2n) is 5.45. The van der Waals surface area contributed by atoms with Gasteiger partial charge in [0.2, 0.25) is 0 Å². The zero-order chi connectivity index (χ0) is 14.6. The Kier molecular flexibility index (Phi) is 14.2. The molecule has 0 aromatic carbocycles. The van der Waals surface area contributed by atoms with Crippen molar-refractivity contribution < 1.29 is 15.0 Å². The van der Waals surface area contributed by atoms with E-state index in [9.17, 15) is 4.79 Å². The number of carbonyl (C=O) groups is 1. The van der Waals surface area contributed by atoms with Crippen molar-refractivity contribution in [3.8, 4) is 0 Å². The summed E-state index contributed by atoms with van der Waals surface area (Å²) < 4.78 is 4.68. The first-order valence-corrected chi connectivity index (χ1v) is 7.83. The average molecular weight is 288 g/mol. The molecule has 0 fully saturated rings. The maximum atomic E-state index is 11.3. The maximum absolute atomic E-state index is 11.3. The normalized spacial score (nSPS) is 10.8. The minimum atomic E-state index is -0.353. The molecule has 4 nitrogen and oxygen atoms in total. The Morgan fingerprint density at radius 1 is 1.00 bits per heavy atom. The van der Waals surface area contributed by atoms with E-state index in [1.165, 1.54) is 45.6 Å². The number of ether oxygens (including phenoxy) is 1. The molecular formula is C16H36N2O2. The van der Waals surface area contributed by atoms with Crippen molar-refractivity contribution in [2.24, 2.45) is 0 Å². The predicted octanol–water partition coefficient (Wildman–Crippen LogP) is 3.58. The zero-order valence-corrected chi connectivity index (χ0v) is 14.3. The van der Waals surface area contributed by atoms with E-state index < -0.39 is 0 Å². The fraction of sp³-hybridized carbons (Fsp3) is 0.875. The molecule has 0 atom stereocenters. The summed E-state index contributed by atoms with van der Waals surface area (Å²) in [7, 11) is 1.41. The first kappa shape index (κ1) is 21.5. The summed E-state index contributed by atoms with van der Waals surface area (Å²) in [4.78, 5) is 11.3. The van der Waals surface area contributed by atoms with E-state index in [2.05, 4.69) is 30.9 Å². The summed E-state index contributed by atoms with van der Waals surface area (Å²) >= 11 is 0. The summed E-state index contributed by atoms with van der Waals surface area (Å²) in [5, 5.41) is 0. The predicted molar refractivity (Wildman–Crippen MR) is 85.2 cm³/mol. The second-order valence-corrected chi connectivity index (χ2v) is 5.45. The lowest BCUT2D eigenvalue weighted by Crippen LogP contribution is -3.04. The van der Waals surface area contributed by atoms with Crippen LogP contribution in [0.3, 0.4) is 0 Å². The number of methoxy groups -OCH3 is 1. The molecule has 122 valence electrons.